The average Bonchev–Trinajstić information content (AvgIpc) is 3.60. The van der Waals surface area contributed by atoms with E-state index in [0.717, 1.165) is 19.3 Å². The molecular formula is C46H46N2S2. The summed E-state index contributed by atoms with van der Waals surface area (Å²) in [5.41, 5.74) is 14.2. The first-order valence-corrected chi connectivity index (χ1v) is 19.7. The Balaban J connectivity index is 1.22. The molecule has 0 saturated heterocycles. The van der Waals surface area contributed by atoms with Gasteiger partial charge in [0.2, 0.25) is 0 Å². The number of dihydropyridines is 1. The summed E-state index contributed by atoms with van der Waals surface area (Å²) in [4.78, 5) is 2.68. The van der Waals surface area contributed by atoms with Crippen molar-refractivity contribution in [3.63, 3.8) is 0 Å². The molecular weight excluding hydrogens is 645 g/mol. The van der Waals surface area contributed by atoms with E-state index in [-0.39, 0.29) is 11.4 Å². The Kier molecular flexibility index (Phi) is 10.7. The first kappa shape index (κ1) is 34.1. The summed E-state index contributed by atoms with van der Waals surface area (Å²) in [5.74, 6) is 0. The van der Waals surface area contributed by atoms with Crippen LogP contribution in [0.15, 0.2) is 154 Å². The van der Waals surface area contributed by atoms with Crippen LogP contribution in [0.2, 0.25) is 0 Å². The van der Waals surface area contributed by atoms with E-state index in [1.54, 1.807) is 0 Å². The van der Waals surface area contributed by atoms with E-state index in [9.17, 15) is 0 Å². The van der Waals surface area contributed by atoms with Gasteiger partial charge in [-0.3, -0.25) is 0 Å². The largest absolute Gasteiger partial charge is 0.378 e. The zero-order chi connectivity index (χ0) is 34.5. The maximum atomic E-state index is 3.97. The molecule has 2 nitrogen and oxygen atoms in total. The third kappa shape index (κ3) is 7.38. The van der Waals surface area contributed by atoms with Crippen LogP contribution in [-0.2, 0) is 12.8 Å². The molecule has 1 aliphatic carbocycles. The number of benzene rings is 4. The molecule has 0 amide bonds. The second-order valence-corrected chi connectivity index (χ2v) is 15.7. The second-order valence-electron chi connectivity index (χ2n) is 13.1. The highest BCUT2D eigenvalue weighted by molar-refractivity contribution is 8.00. The summed E-state index contributed by atoms with van der Waals surface area (Å²) in [7, 11) is 0. The van der Waals surface area contributed by atoms with Gasteiger partial charge < -0.3 is 10.6 Å². The lowest BCUT2D eigenvalue weighted by molar-refractivity contribution is 0.751. The third-order valence-electron chi connectivity index (χ3n) is 9.78. The minimum atomic E-state index is 0.159. The molecule has 0 radical (unpaired) electrons. The van der Waals surface area contributed by atoms with E-state index in [2.05, 4.69) is 178 Å². The summed E-state index contributed by atoms with van der Waals surface area (Å²) in [5, 5.41) is 8.21. The monoisotopic (exact) mass is 690 g/mol. The van der Waals surface area contributed by atoms with Crippen LogP contribution >= 0.6 is 23.5 Å². The lowest BCUT2D eigenvalue weighted by atomic mass is 9.86. The molecule has 4 heteroatoms. The van der Waals surface area contributed by atoms with Crippen molar-refractivity contribution in [3.8, 4) is 0 Å². The Morgan fingerprint density at radius 1 is 0.960 bits per heavy atom. The minimum Gasteiger partial charge on any atom is -0.378 e. The molecule has 0 bridgehead atoms. The van der Waals surface area contributed by atoms with Crippen molar-refractivity contribution in [1.29, 1.82) is 0 Å². The summed E-state index contributed by atoms with van der Waals surface area (Å²) in [6.07, 6.45) is 21.5. The van der Waals surface area contributed by atoms with Gasteiger partial charge in [0.25, 0.3) is 0 Å². The fourth-order valence-corrected chi connectivity index (χ4v) is 9.34. The van der Waals surface area contributed by atoms with E-state index >= 15 is 0 Å². The summed E-state index contributed by atoms with van der Waals surface area (Å²) in [6.45, 7) is 8.93. The van der Waals surface area contributed by atoms with Crippen LogP contribution in [0, 0.1) is 0 Å². The van der Waals surface area contributed by atoms with Crippen molar-refractivity contribution >= 4 is 46.6 Å². The predicted octanol–water partition coefficient (Wildman–Crippen LogP) is 12.5. The molecule has 252 valence electrons. The normalized spacial score (nSPS) is 19.3. The number of allylic oxidation sites excluding steroid dienone is 7. The Morgan fingerprint density at radius 3 is 2.60 bits per heavy atom. The second kappa shape index (κ2) is 15.7. The number of hydrogen-bond acceptors (Lipinski definition) is 4. The van der Waals surface area contributed by atoms with E-state index in [4.69, 9.17) is 0 Å². The molecule has 2 heterocycles. The number of nitrogens with one attached hydrogen (secondary N) is 2. The lowest BCUT2D eigenvalue weighted by Crippen LogP contribution is -2.30. The molecule has 3 atom stereocenters. The average molecular weight is 691 g/mol. The number of rotatable bonds is 10. The number of anilines is 1. The van der Waals surface area contributed by atoms with Crippen LogP contribution in [0.4, 0.5) is 5.69 Å². The standard InChI is InChI=1S/C46H46N2S2/c1-5-15-34(32(4)49-43-24-11-8-16-33(43)6-2)18-13-20-38-30-41(45(47-31(38)3)40-22-14-19-35-17-7-9-21-39(35)40)36-26-28-37(29-27-36)46-48-42-23-10-12-25-44(42)50-46/h5,8-16,18-32,46-48H,6-7,17H2,1-4H3/b15-5-,20-13+,34-18+. The summed E-state index contributed by atoms with van der Waals surface area (Å²) >= 11 is 3.83. The van der Waals surface area contributed by atoms with Crippen LogP contribution < -0.4 is 10.6 Å². The molecule has 2 aliphatic heterocycles. The Labute approximate surface area is 307 Å². The van der Waals surface area contributed by atoms with Crippen LogP contribution in [0.3, 0.4) is 0 Å². The number of aryl methyl sites for hydroxylation is 2. The topological polar surface area (TPSA) is 24.1 Å². The van der Waals surface area contributed by atoms with Crippen LogP contribution in [0.1, 0.15) is 72.9 Å². The lowest BCUT2D eigenvalue weighted by Gasteiger charge is -2.29. The summed E-state index contributed by atoms with van der Waals surface area (Å²) in [6, 6.07) is 33.5. The van der Waals surface area contributed by atoms with Crippen molar-refractivity contribution in [1.82, 2.24) is 5.32 Å². The molecule has 3 aliphatic rings. The summed E-state index contributed by atoms with van der Waals surface area (Å²) < 4.78 is 0. The molecule has 0 aromatic heterocycles. The molecule has 0 spiro atoms. The van der Waals surface area contributed by atoms with Crippen LogP contribution in [-0.4, -0.2) is 11.3 Å². The van der Waals surface area contributed by atoms with Crippen LogP contribution in [0.25, 0.3) is 17.3 Å². The van der Waals surface area contributed by atoms with E-state index in [1.807, 2.05) is 23.5 Å². The highest BCUT2D eigenvalue weighted by Gasteiger charge is 2.25. The van der Waals surface area contributed by atoms with Gasteiger partial charge in [-0.25, -0.2) is 0 Å². The third-order valence-corrected chi connectivity index (χ3v) is 12.3. The Hall–Kier alpha value is -4.38. The Morgan fingerprint density at radius 2 is 1.78 bits per heavy atom. The fraction of sp³-hybridized carbons (Fsp3) is 0.217. The van der Waals surface area contributed by atoms with Gasteiger partial charge in [0.15, 0.2) is 0 Å². The Bertz CT molecular complexity index is 2020. The number of hydrogen-bond donors (Lipinski definition) is 2. The maximum absolute atomic E-state index is 3.97. The van der Waals surface area contributed by atoms with Gasteiger partial charge in [-0.05, 0) is 103 Å². The molecule has 4 aromatic rings. The molecule has 4 aromatic carbocycles. The molecule has 3 unspecified atom stereocenters. The maximum Gasteiger partial charge on any atom is 0.103 e. The van der Waals surface area contributed by atoms with Gasteiger partial charge >= 0.3 is 0 Å². The highest BCUT2D eigenvalue weighted by Crippen LogP contribution is 2.46. The molecule has 2 N–H and O–H groups in total. The van der Waals surface area contributed by atoms with E-state index in [0.29, 0.717) is 5.25 Å². The van der Waals surface area contributed by atoms with Crippen molar-refractivity contribution in [2.24, 2.45) is 0 Å². The highest BCUT2D eigenvalue weighted by atomic mass is 32.2. The first-order valence-electron chi connectivity index (χ1n) is 17.9. The first-order chi connectivity index (χ1) is 24.5. The molecule has 7 rings (SSSR count). The minimum absolute atomic E-state index is 0.159. The number of thioether (sulfide) groups is 2. The predicted molar refractivity (Wildman–Crippen MR) is 220 cm³/mol. The van der Waals surface area contributed by atoms with E-state index < -0.39 is 0 Å². The van der Waals surface area contributed by atoms with Gasteiger partial charge in [0.1, 0.15) is 5.37 Å². The quantitative estimate of drug-likeness (QED) is 0.128. The van der Waals surface area contributed by atoms with Crippen molar-refractivity contribution in [2.75, 3.05) is 5.32 Å². The molecule has 0 saturated carbocycles. The van der Waals surface area contributed by atoms with Gasteiger partial charge in [-0.1, -0.05) is 134 Å². The number of para-hydroxylation sites is 1. The van der Waals surface area contributed by atoms with Crippen LogP contribution in [0.5, 0.6) is 0 Å². The SMILES string of the molecule is C\C=C/C(=C\C=C\C1=CC(c2ccc(C3Nc4ccccc4S3)cc2)=C(c2cccc3c2C=CCC3)NC1C)C(C)Sc1ccccc1CC. The smallest absolute Gasteiger partial charge is 0.103 e. The zero-order valence-electron chi connectivity index (χ0n) is 29.4. The molecule has 50 heavy (non-hydrogen) atoms. The van der Waals surface area contributed by atoms with Gasteiger partial charge in [0.05, 0.1) is 5.70 Å². The van der Waals surface area contributed by atoms with E-state index in [1.165, 1.54) is 71.3 Å². The van der Waals surface area contributed by atoms with Crippen molar-refractivity contribution in [3.05, 3.63) is 178 Å². The molecule has 0 fully saturated rings. The van der Waals surface area contributed by atoms with Crippen molar-refractivity contribution < 1.29 is 0 Å². The van der Waals surface area contributed by atoms with Gasteiger partial charge in [-0.15, -0.1) is 11.8 Å². The van der Waals surface area contributed by atoms with Gasteiger partial charge in [0, 0.05) is 37.9 Å². The fourth-order valence-electron chi connectivity index (χ4n) is 7.00. The zero-order valence-corrected chi connectivity index (χ0v) is 31.1. The van der Waals surface area contributed by atoms with Gasteiger partial charge in [-0.2, -0.15) is 0 Å². The number of fused-ring (bicyclic) bond motifs is 2. The van der Waals surface area contributed by atoms with Crippen molar-refractivity contribution in [2.45, 2.75) is 73.4 Å².